The molecule has 2 aliphatic heterocycles. The van der Waals surface area contributed by atoms with E-state index < -0.39 is 0 Å². The molecule has 1 aromatic rings. The Morgan fingerprint density at radius 3 is 2.71 bits per heavy atom. The van der Waals surface area contributed by atoms with Crippen LogP contribution in [0.2, 0.25) is 0 Å². The van der Waals surface area contributed by atoms with Gasteiger partial charge in [-0.25, -0.2) is 0 Å². The first kappa shape index (κ1) is 14.4. The van der Waals surface area contributed by atoms with Crippen LogP contribution in [0.5, 0.6) is 5.75 Å². The standard InChI is InChI=1S/C17H24N2O2/c1-3-16-15-10-18-9-13(15)11-19(16)17(20)12-5-7-14(8-6-12)21-4-2/h5-8,13,15-16,18H,3-4,9-11H2,1-2H3. The maximum Gasteiger partial charge on any atom is 0.254 e. The van der Waals surface area contributed by atoms with Crippen LogP contribution >= 0.6 is 0 Å². The molecule has 0 aromatic heterocycles. The summed E-state index contributed by atoms with van der Waals surface area (Å²) in [6.07, 6.45) is 1.03. The van der Waals surface area contributed by atoms with Gasteiger partial charge in [-0.3, -0.25) is 4.79 Å². The van der Waals surface area contributed by atoms with Crippen molar-refractivity contribution in [3.63, 3.8) is 0 Å². The first-order valence-electron chi connectivity index (χ1n) is 7.99. The lowest BCUT2D eigenvalue weighted by molar-refractivity contribution is 0.0711. The molecule has 3 atom stereocenters. The van der Waals surface area contributed by atoms with Crippen LogP contribution in [-0.4, -0.2) is 43.1 Å². The zero-order chi connectivity index (χ0) is 14.8. The van der Waals surface area contributed by atoms with Gasteiger partial charge >= 0.3 is 0 Å². The third kappa shape index (κ3) is 2.64. The summed E-state index contributed by atoms with van der Waals surface area (Å²) in [7, 11) is 0. The van der Waals surface area contributed by atoms with Crippen LogP contribution in [0, 0.1) is 11.8 Å². The SMILES string of the molecule is CCOc1ccc(C(=O)N2CC3CNCC3C2CC)cc1. The molecule has 3 rings (SSSR count). The summed E-state index contributed by atoms with van der Waals surface area (Å²) in [5, 5.41) is 3.45. The van der Waals surface area contributed by atoms with Crippen LogP contribution in [0.4, 0.5) is 0 Å². The molecule has 4 nitrogen and oxygen atoms in total. The molecule has 2 aliphatic rings. The molecule has 1 aromatic carbocycles. The summed E-state index contributed by atoms with van der Waals surface area (Å²) >= 11 is 0. The van der Waals surface area contributed by atoms with E-state index in [0.717, 1.165) is 37.4 Å². The Labute approximate surface area is 126 Å². The molecular weight excluding hydrogens is 264 g/mol. The molecule has 1 N–H and O–H groups in total. The Morgan fingerprint density at radius 2 is 2.05 bits per heavy atom. The van der Waals surface area contributed by atoms with Crippen LogP contribution in [-0.2, 0) is 0 Å². The van der Waals surface area contributed by atoms with Gasteiger partial charge in [0.2, 0.25) is 0 Å². The summed E-state index contributed by atoms with van der Waals surface area (Å²) in [6.45, 7) is 7.78. The lowest BCUT2D eigenvalue weighted by Crippen LogP contribution is -2.39. The summed E-state index contributed by atoms with van der Waals surface area (Å²) < 4.78 is 5.44. The number of hydrogen-bond donors (Lipinski definition) is 1. The molecule has 0 aliphatic carbocycles. The minimum Gasteiger partial charge on any atom is -0.494 e. The topological polar surface area (TPSA) is 41.6 Å². The lowest BCUT2D eigenvalue weighted by Gasteiger charge is -2.27. The van der Waals surface area contributed by atoms with Crippen molar-refractivity contribution in [1.82, 2.24) is 10.2 Å². The Kier molecular flexibility index (Phi) is 4.15. The molecule has 114 valence electrons. The molecule has 21 heavy (non-hydrogen) atoms. The monoisotopic (exact) mass is 288 g/mol. The number of carbonyl (C=O) groups excluding carboxylic acids is 1. The van der Waals surface area contributed by atoms with E-state index in [1.807, 2.05) is 31.2 Å². The molecule has 2 saturated heterocycles. The predicted molar refractivity (Wildman–Crippen MR) is 82.6 cm³/mol. The van der Waals surface area contributed by atoms with Gasteiger partial charge < -0.3 is 15.0 Å². The maximum absolute atomic E-state index is 12.8. The Morgan fingerprint density at radius 1 is 1.29 bits per heavy atom. The summed E-state index contributed by atoms with van der Waals surface area (Å²) in [5.74, 6) is 2.24. The first-order valence-corrected chi connectivity index (χ1v) is 7.99. The Bertz CT molecular complexity index is 500. The highest BCUT2D eigenvalue weighted by molar-refractivity contribution is 5.94. The van der Waals surface area contributed by atoms with Crippen molar-refractivity contribution in [2.45, 2.75) is 26.3 Å². The van der Waals surface area contributed by atoms with Crippen LogP contribution < -0.4 is 10.1 Å². The van der Waals surface area contributed by atoms with Gasteiger partial charge in [-0.15, -0.1) is 0 Å². The summed E-state index contributed by atoms with van der Waals surface area (Å²) in [5.41, 5.74) is 0.768. The molecule has 0 saturated carbocycles. The van der Waals surface area contributed by atoms with Crippen molar-refractivity contribution in [1.29, 1.82) is 0 Å². The molecule has 0 spiro atoms. The normalized spacial score (nSPS) is 27.7. The largest absolute Gasteiger partial charge is 0.494 e. The minimum absolute atomic E-state index is 0.166. The van der Waals surface area contributed by atoms with Crippen molar-refractivity contribution in [3.8, 4) is 5.75 Å². The van der Waals surface area contributed by atoms with E-state index in [4.69, 9.17) is 4.74 Å². The van der Waals surface area contributed by atoms with Crippen molar-refractivity contribution in [2.75, 3.05) is 26.2 Å². The second-order valence-corrected chi connectivity index (χ2v) is 5.97. The molecule has 3 unspecified atom stereocenters. The maximum atomic E-state index is 12.8. The predicted octanol–water partition coefficient (Wildman–Crippen LogP) is 2.16. The third-order valence-corrected chi connectivity index (χ3v) is 4.81. The van der Waals surface area contributed by atoms with E-state index >= 15 is 0 Å². The highest BCUT2D eigenvalue weighted by atomic mass is 16.5. The van der Waals surface area contributed by atoms with Gasteiger partial charge in [0.25, 0.3) is 5.91 Å². The fraction of sp³-hybridized carbons (Fsp3) is 0.588. The number of rotatable bonds is 4. The minimum atomic E-state index is 0.166. The van der Waals surface area contributed by atoms with E-state index in [9.17, 15) is 4.79 Å². The zero-order valence-corrected chi connectivity index (χ0v) is 12.8. The average molecular weight is 288 g/mol. The average Bonchev–Trinajstić information content (AvgIpc) is 3.08. The number of nitrogens with one attached hydrogen (secondary N) is 1. The quantitative estimate of drug-likeness (QED) is 0.923. The van der Waals surface area contributed by atoms with Crippen LogP contribution in [0.1, 0.15) is 30.6 Å². The number of carbonyl (C=O) groups is 1. The number of hydrogen-bond acceptors (Lipinski definition) is 3. The fourth-order valence-electron chi connectivity index (χ4n) is 3.81. The number of nitrogens with zero attached hydrogens (tertiary/aromatic N) is 1. The van der Waals surface area contributed by atoms with Gasteiger partial charge in [-0.1, -0.05) is 6.92 Å². The second kappa shape index (κ2) is 6.06. The Balaban J connectivity index is 1.75. The number of ether oxygens (including phenoxy) is 1. The number of amides is 1. The molecule has 0 bridgehead atoms. The highest BCUT2D eigenvalue weighted by Crippen LogP contribution is 2.35. The van der Waals surface area contributed by atoms with E-state index in [2.05, 4.69) is 17.1 Å². The summed E-state index contributed by atoms with van der Waals surface area (Å²) in [6, 6.07) is 7.91. The number of fused-ring (bicyclic) bond motifs is 1. The Hall–Kier alpha value is -1.55. The van der Waals surface area contributed by atoms with E-state index in [1.54, 1.807) is 0 Å². The third-order valence-electron chi connectivity index (χ3n) is 4.81. The van der Waals surface area contributed by atoms with Crippen molar-refractivity contribution in [3.05, 3.63) is 29.8 Å². The molecule has 1 amide bonds. The number of benzene rings is 1. The van der Waals surface area contributed by atoms with Gasteiger partial charge in [0.05, 0.1) is 6.61 Å². The van der Waals surface area contributed by atoms with Crippen molar-refractivity contribution >= 4 is 5.91 Å². The number of likely N-dealkylation sites (tertiary alicyclic amines) is 1. The lowest BCUT2D eigenvalue weighted by atomic mass is 9.93. The van der Waals surface area contributed by atoms with E-state index in [1.165, 1.54) is 0 Å². The molecule has 2 heterocycles. The highest BCUT2D eigenvalue weighted by Gasteiger charge is 2.45. The molecule has 4 heteroatoms. The summed E-state index contributed by atoms with van der Waals surface area (Å²) in [4.78, 5) is 14.9. The van der Waals surface area contributed by atoms with Crippen molar-refractivity contribution in [2.24, 2.45) is 11.8 Å². The van der Waals surface area contributed by atoms with Crippen LogP contribution in [0.15, 0.2) is 24.3 Å². The van der Waals surface area contributed by atoms with Gasteiger partial charge in [-0.2, -0.15) is 0 Å². The van der Waals surface area contributed by atoms with E-state index in [-0.39, 0.29) is 5.91 Å². The van der Waals surface area contributed by atoms with Gasteiger partial charge in [0, 0.05) is 31.2 Å². The van der Waals surface area contributed by atoms with Gasteiger partial charge in [0.15, 0.2) is 0 Å². The zero-order valence-electron chi connectivity index (χ0n) is 12.8. The van der Waals surface area contributed by atoms with Crippen molar-refractivity contribution < 1.29 is 9.53 Å². The van der Waals surface area contributed by atoms with Crippen LogP contribution in [0.3, 0.4) is 0 Å². The molecule has 2 fully saturated rings. The first-order chi connectivity index (χ1) is 10.2. The van der Waals surface area contributed by atoms with Gasteiger partial charge in [0.1, 0.15) is 5.75 Å². The van der Waals surface area contributed by atoms with Gasteiger partial charge in [-0.05, 0) is 49.4 Å². The molecular formula is C17H24N2O2. The van der Waals surface area contributed by atoms with E-state index in [0.29, 0.717) is 24.5 Å². The second-order valence-electron chi connectivity index (χ2n) is 5.97. The fourth-order valence-corrected chi connectivity index (χ4v) is 3.81. The smallest absolute Gasteiger partial charge is 0.254 e. The molecule has 0 radical (unpaired) electrons. The van der Waals surface area contributed by atoms with Crippen LogP contribution in [0.25, 0.3) is 0 Å².